The lowest BCUT2D eigenvalue weighted by Gasteiger charge is -2.19. The molecule has 0 aliphatic carbocycles. The molecule has 0 bridgehead atoms. The number of aliphatic carboxylic acids is 1. The SMILES string of the molecule is CC(O)C(NC(=O)COCCOCCNC(=O)C(CO)NC(=O)NC(CCC(=O)O)C(N)=O)C(N)=O. The van der Waals surface area contributed by atoms with Gasteiger partial charge in [-0.15, -0.1) is 0 Å². The van der Waals surface area contributed by atoms with Crippen LogP contribution in [0.15, 0.2) is 0 Å². The zero-order valence-electron chi connectivity index (χ0n) is 19.7. The van der Waals surface area contributed by atoms with Crippen molar-refractivity contribution < 1.29 is 53.6 Å². The second-order valence-corrected chi connectivity index (χ2v) is 7.38. The molecule has 0 saturated heterocycles. The smallest absolute Gasteiger partial charge is 0.316 e. The predicted molar refractivity (Wildman–Crippen MR) is 120 cm³/mol. The lowest BCUT2D eigenvalue weighted by molar-refractivity contribution is -0.137. The second-order valence-electron chi connectivity index (χ2n) is 7.38. The monoisotopic (exact) mass is 522 g/mol. The number of aliphatic hydroxyl groups is 2. The van der Waals surface area contributed by atoms with E-state index in [2.05, 4.69) is 21.3 Å². The highest BCUT2D eigenvalue weighted by molar-refractivity contribution is 5.90. The van der Waals surface area contributed by atoms with Crippen molar-refractivity contribution in [1.29, 1.82) is 0 Å². The topological polar surface area (TPSA) is 282 Å². The fraction of sp³-hybridized carbons (Fsp3) is 0.684. The van der Waals surface area contributed by atoms with Gasteiger partial charge in [-0.25, -0.2) is 4.79 Å². The molecule has 0 radical (unpaired) electrons. The lowest BCUT2D eigenvalue weighted by atomic mass is 10.1. The van der Waals surface area contributed by atoms with Crippen LogP contribution in [0.2, 0.25) is 0 Å². The Morgan fingerprint density at radius 1 is 0.889 bits per heavy atom. The van der Waals surface area contributed by atoms with Gasteiger partial charge in [0.05, 0.1) is 32.5 Å². The first-order chi connectivity index (χ1) is 16.9. The zero-order valence-corrected chi connectivity index (χ0v) is 19.7. The van der Waals surface area contributed by atoms with E-state index in [4.69, 9.17) is 26.0 Å². The molecule has 0 aliphatic heterocycles. The molecule has 0 aromatic carbocycles. The van der Waals surface area contributed by atoms with Crippen molar-refractivity contribution in [2.24, 2.45) is 11.5 Å². The van der Waals surface area contributed by atoms with Crippen LogP contribution in [-0.2, 0) is 33.4 Å². The Balaban J connectivity index is 4.16. The molecule has 0 aromatic rings. The maximum atomic E-state index is 12.1. The number of hydrogen-bond acceptors (Lipinski definition) is 10. The summed E-state index contributed by atoms with van der Waals surface area (Å²) < 4.78 is 10.2. The summed E-state index contributed by atoms with van der Waals surface area (Å²) >= 11 is 0. The van der Waals surface area contributed by atoms with Crippen molar-refractivity contribution in [3.63, 3.8) is 0 Å². The van der Waals surface area contributed by atoms with Crippen LogP contribution in [0.5, 0.6) is 0 Å². The van der Waals surface area contributed by atoms with Crippen LogP contribution in [0.3, 0.4) is 0 Å². The number of nitrogens with two attached hydrogens (primary N) is 2. The molecule has 0 aromatic heterocycles. The van der Waals surface area contributed by atoms with Gasteiger partial charge in [-0.05, 0) is 13.3 Å². The van der Waals surface area contributed by atoms with E-state index >= 15 is 0 Å². The summed E-state index contributed by atoms with van der Waals surface area (Å²) in [6.45, 7) is 0.191. The fourth-order valence-corrected chi connectivity index (χ4v) is 2.50. The number of rotatable bonds is 19. The quantitative estimate of drug-likeness (QED) is 0.0723. The number of nitrogens with one attached hydrogen (secondary N) is 4. The Kier molecular flexibility index (Phi) is 16.1. The molecule has 6 amide bonds. The first kappa shape index (κ1) is 32.5. The number of amides is 6. The molecule has 0 saturated carbocycles. The molecular weight excluding hydrogens is 488 g/mol. The molecule has 4 atom stereocenters. The van der Waals surface area contributed by atoms with Crippen molar-refractivity contribution in [2.75, 3.05) is 39.6 Å². The summed E-state index contributed by atoms with van der Waals surface area (Å²) in [6, 6.07) is -4.91. The molecule has 0 heterocycles. The summed E-state index contributed by atoms with van der Waals surface area (Å²) in [5, 5.41) is 36.2. The van der Waals surface area contributed by atoms with Crippen molar-refractivity contribution in [3.8, 4) is 0 Å². The molecule has 11 N–H and O–H groups in total. The van der Waals surface area contributed by atoms with Crippen LogP contribution in [0.4, 0.5) is 4.79 Å². The average Bonchev–Trinajstić information content (AvgIpc) is 2.79. The molecule has 36 heavy (non-hydrogen) atoms. The molecule has 17 heteroatoms. The third-order valence-corrected chi connectivity index (χ3v) is 4.36. The average molecular weight is 523 g/mol. The third-order valence-electron chi connectivity index (χ3n) is 4.36. The summed E-state index contributed by atoms with van der Waals surface area (Å²) in [7, 11) is 0. The van der Waals surface area contributed by atoms with Crippen LogP contribution >= 0.6 is 0 Å². The highest BCUT2D eigenvalue weighted by Gasteiger charge is 2.24. The number of carboxylic acids is 1. The van der Waals surface area contributed by atoms with Gasteiger partial charge in [-0.3, -0.25) is 24.0 Å². The largest absolute Gasteiger partial charge is 0.481 e. The summed E-state index contributed by atoms with van der Waals surface area (Å²) in [5.74, 6) is -4.47. The predicted octanol–water partition coefficient (Wildman–Crippen LogP) is -5.13. The van der Waals surface area contributed by atoms with E-state index in [0.717, 1.165) is 0 Å². The van der Waals surface area contributed by atoms with E-state index in [9.17, 15) is 39.0 Å². The van der Waals surface area contributed by atoms with Crippen LogP contribution in [-0.4, -0.2) is 115 Å². The van der Waals surface area contributed by atoms with Gasteiger partial charge in [0.15, 0.2) is 0 Å². The first-order valence-corrected chi connectivity index (χ1v) is 10.8. The maximum absolute atomic E-state index is 12.1. The molecule has 0 aliphatic rings. The molecule has 206 valence electrons. The first-order valence-electron chi connectivity index (χ1n) is 10.8. The maximum Gasteiger partial charge on any atom is 0.316 e. The minimum atomic E-state index is -1.37. The van der Waals surface area contributed by atoms with E-state index in [1.165, 1.54) is 6.92 Å². The highest BCUT2D eigenvalue weighted by Crippen LogP contribution is 1.97. The number of urea groups is 1. The van der Waals surface area contributed by atoms with Crippen molar-refractivity contribution >= 4 is 35.6 Å². The number of ether oxygens (including phenoxy) is 2. The molecule has 0 rings (SSSR count). The minimum Gasteiger partial charge on any atom is -0.481 e. The van der Waals surface area contributed by atoms with E-state index in [1.54, 1.807) is 0 Å². The van der Waals surface area contributed by atoms with E-state index in [-0.39, 0.29) is 32.8 Å². The number of carbonyl (C=O) groups is 6. The van der Waals surface area contributed by atoms with Gasteiger partial charge in [0.1, 0.15) is 24.7 Å². The molecular formula is C19H34N6O11. The van der Waals surface area contributed by atoms with Crippen LogP contribution in [0, 0.1) is 0 Å². The number of hydrogen-bond donors (Lipinski definition) is 9. The summed E-state index contributed by atoms with van der Waals surface area (Å²) in [6.07, 6.45) is -1.85. The van der Waals surface area contributed by atoms with Crippen LogP contribution < -0.4 is 32.7 Å². The van der Waals surface area contributed by atoms with Gasteiger partial charge in [0, 0.05) is 13.0 Å². The third kappa shape index (κ3) is 14.7. The van der Waals surface area contributed by atoms with E-state index in [1.807, 2.05) is 0 Å². The Morgan fingerprint density at radius 3 is 2.03 bits per heavy atom. The summed E-state index contributed by atoms with van der Waals surface area (Å²) in [4.78, 5) is 68.7. The van der Waals surface area contributed by atoms with Gasteiger partial charge in [0.2, 0.25) is 23.6 Å². The van der Waals surface area contributed by atoms with Gasteiger partial charge in [-0.2, -0.15) is 0 Å². The Hall–Kier alpha value is -3.54. The van der Waals surface area contributed by atoms with Crippen molar-refractivity contribution in [2.45, 2.75) is 44.0 Å². The summed E-state index contributed by atoms with van der Waals surface area (Å²) in [5.41, 5.74) is 10.2. The Morgan fingerprint density at radius 2 is 1.50 bits per heavy atom. The van der Waals surface area contributed by atoms with Crippen molar-refractivity contribution in [3.05, 3.63) is 0 Å². The number of primary amides is 2. The van der Waals surface area contributed by atoms with Crippen molar-refractivity contribution in [1.82, 2.24) is 21.3 Å². The second kappa shape index (κ2) is 17.8. The fourth-order valence-electron chi connectivity index (χ4n) is 2.50. The Bertz CT molecular complexity index is 764. The van der Waals surface area contributed by atoms with Crippen LogP contribution in [0.1, 0.15) is 19.8 Å². The van der Waals surface area contributed by atoms with Gasteiger partial charge >= 0.3 is 12.0 Å². The van der Waals surface area contributed by atoms with Gasteiger partial charge in [0.25, 0.3) is 0 Å². The molecule has 17 nitrogen and oxygen atoms in total. The minimum absolute atomic E-state index is 0.00117. The van der Waals surface area contributed by atoms with E-state index in [0.29, 0.717) is 0 Å². The standard InChI is InChI=1S/C19H34N6O11/c1-10(27)15(17(21)32)25-13(28)9-36-7-6-35-5-4-22-18(33)12(8-26)24-19(34)23-11(16(20)31)2-3-14(29)30/h10-12,15,26-27H,2-9H2,1H3,(H2,20,31)(H2,21,32)(H,22,33)(H,25,28)(H,29,30)(H2,23,24,34). The van der Waals surface area contributed by atoms with Gasteiger partial charge in [-0.1, -0.05) is 0 Å². The number of aliphatic hydroxyl groups excluding tert-OH is 2. The number of carboxylic acid groups (broad SMARTS) is 1. The number of carbonyl (C=O) groups excluding carboxylic acids is 5. The lowest BCUT2D eigenvalue weighted by Crippen LogP contribution is -2.55. The molecule has 4 unspecified atom stereocenters. The van der Waals surface area contributed by atoms with Crippen LogP contribution in [0.25, 0.3) is 0 Å². The highest BCUT2D eigenvalue weighted by atomic mass is 16.5. The molecule has 0 fully saturated rings. The van der Waals surface area contributed by atoms with E-state index < -0.39 is 79.5 Å². The molecule has 0 spiro atoms. The Labute approximate surface area is 206 Å². The van der Waals surface area contributed by atoms with Gasteiger partial charge < -0.3 is 57.5 Å². The zero-order chi connectivity index (χ0) is 27.7. The normalized spacial score (nSPS) is 14.0.